The van der Waals surface area contributed by atoms with E-state index in [1.54, 1.807) is 18.0 Å². The molecule has 28 heavy (non-hydrogen) atoms. The number of benzene rings is 2. The van der Waals surface area contributed by atoms with Gasteiger partial charge in [0.2, 0.25) is 0 Å². The second kappa shape index (κ2) is 8.49. The molecule has 1 N–H and O–H groups in total. The molecule has 0 unspecified atom stereocenters. The molecule has 0 aliphatic heterocycles. The Balaban J connectivity index is 1.78. The minimum atomic E-state index is -3.96. The van der Waals surface area contributed by atoms with E-state index in [1.807, 2.05) is 0 Å². The van der Waals surface area contributed by atoms with Crippen molar-refractivity contribution >= 4 is 33.2 Å². The predicted molar refractivity (Wildman–Crippen MR) is 108 cm³/mol. The first-order chi connectivity index (χ1) is 13.3. The van der Waals surface area contributed by atoms with Crippen molar-refractivity contribution in [2.75, 3.05) is 18.3 Å². The SMILES string of the molecule is CN(CC1CCCC1)C(=O)c1ccc(Cl)c(NS(=O)(=O)c2ccc(F)cc2)c1. The molecule has 0 heterocycles. The van der Waals surface area contributed by atoms with E-state index in [9.17, 15) is 17.6 Å². The van der Waals surface area contributed by atoms with E-state index in [0.29, 0.717) is 18.0 Å². The van der Waals surface area contributed by atoms with Gasteiger partial charge in [0.05, 0.1) is 15.6 Å². The number of halogens is 2. The van der Waals surface area contributed by atoms with Crippen LogP contribution < -0.4 is 4.72 Å². The molecule has 1 fully saturated rings. The van der Waals surface area contributed by atoms with Gasteiger partial charge >= 0.3 is 0 Å². The highest BCUT2D eigenvalue weighted by Gasteiger charge is 2.22. The summed E-state index contributed by atoms with van der Waals surface area (Å²) in [6.45, 7) is 0.679. The van der Waals surface area contributed by atoms with Crippen molar-refractivity contribution in [1.29, 1.82) is 0 Å². The van der Waals surface area contributed by atoms with Crippen molar-refractivity contribution in [3.05, 3.63) is 58.9 Å². The van der Waals surface area contributed by atoms with Crippen LogP contribution in [0.15, 0.2) is 47.4 Å². The molecular weight excluding hydrogens is 403 g/mol. The van der Waals surface area contributed by atoms with Gasteiger partial charge in [-0.1, -0.05) is 24.4 Å². The number of carbonyl (C=O) groups excluding carboxylic acids is 1. The van der Waals surface area contributed by atoms with Gasteiger partial charge in [-0.25, -0.2) is 12.8 Å². The van der Waals surface area contributed by atoms with Gasteiger partial charge in [0.15, 0.2) is 0 Å². The van der Waals surface area contributed by atoms with Gasteiger partial charge < -0.3 is 4.90 Å². The molecule has 8 heteroatoms. The summed E-state index contributed by atoms with van der Waals surface area (Å²) >= 11 is 6.12. The Bertz CT molecular complexity index is 958. The molecule has 150 valence electrons. The van der Waals surface area contributed by atoms with Crippen molar-refractivity contribution in [3.63, 3.8) is 0 Å². The molecule has 0 atom stereocenters. The Hall–Kier alpha value is -2.12. The fourth-order valence-electron chi connectivity index (χ4n) is 3.44. The average Bonchev–Trinajstić information content (AvgIpc) is 3.16. The number of nitrogens with one attached hydrogen (secondary N) is 1. The molecule has 0 aromatic heterocycles. The smallest absolute Gasteiger partial charge is 0.261 e. The van der Waals surface area contributed by atoms with Gasteiger partial charge in [0, 0.05) is 19.2 Å². The zero-order valence-electron chi connectivity index (χ0n) is 15.5. The Kier molecular flexibility index (Phi) is 6.25. The molecule has 2 aromatic carbocycles. The third kappa shape index (κ3) is 4.83. The number of nitrogens with zero attached hydrogens (tertiary/aromatic N) is 1. The lowest BCUT2D eigenvalue weighted by Gasteiger charge is -2.21. The molecule has 3 rings (SSSR count). The standard InChI is InChI=1S/C20H22ClFN2O3S/c1-24(13-14-4-2-3-5-14)20(25)15-6-11-18(21)19(12-15)23-28(26,27)17-9-7-16(22)8-10-17/h6-12,14,23H,2-5,13H2,1H3. The summed E-state index contributed by atoms with van der Waals surface area (Å²) in [7, 11) is -2.21. The van der Waals surface area contributed by atoms with E-state index in [1.165, 1.54) is 25.0 Å². The lowest BCUT2D eigenvalue weighted by Crippen LogP contribution is -2.31. The number of rotatable bonds is 6. The molecule has 0 saturated heterocycles. The Labute approximate surface area is 169 Å². The monoisotopic (exact) mass is 424 g/mol. The Morgan fingerprint density at radius 3 is 2.46 bits per heavy atom. The third-order valence-electron chi connectivity index (χ3n) is 4.94. The van der Waals surface area contributed by atoms with Crippen LogP contribution >= 0.6 is 11.6 Å². The molecule has 2 aromatic rings. The summed E-state index contributed by atoms with van der Waals surface area (Å²) in [5, 5.41) is 0.167. The van der Waals surface area contributed by atoms with Crippen molar-refractivity contribution in [2.24, 2.45) is 5.92 Å². The number of sulfonamides is 1. The Morgan fingerprint density at radius 1 is 1.18 bits per heavy atom. The summed E-state index contributed by atoms with van der Waals surface area (Å²) in [6, 6.07) is 8.94. The highest BCUT2D eigenvalue weighted by molar-refractivity contribution is 7.92. The zero-order valence-corrected chi connectivity index (χ0v) is 17.1. The number of amides is 1. The second-order valence-electron chi connectivity index (χ2n) is 7.09. The van der Waals surface area contributed by atoms with Gasteiger partial charge in [0.1, 0.15) is 5.82 Å². The van der Waals surface area contributed by atoms with E-state index in [0.717, 1.165) is 37.1 Å². The van der Waals surface area contributed by atoms with Crippen molar-refractivity contribution in [1.82, 2.24) is 4.90 Å². The normalized spacial score (nSPS) is 14.8. The van der Waals surface area contributed by atoms with Gasteiger partial charge in [-0.3, -0.25) is 9.52 Å². The minimum Gasteiger partial charge on any atom is -0.341 e. The summed E-state index contributed by atoms with van der Waals surface area (Å²) in [4.78, 5) is 14.3. The van der Waals surface area contributed by atoms with Crippen LogP contribution in [0.4, 0.5) is 10.1 Å². The highest BCUT2D eigenvalue weighted by Crippen LogP contribution is 2.28. The summed E-state index contributed by atoms with van der Waals surface area (Å²) in [6.07, 6.45) is 4.65. The molecule has 0 bridgehead atoms. The van der Waals surface area contributed by atoms with Crippen LogP contribution in [0.25, 0.3) is 0 Å². The first kappa shape index (κ1) is 20.6. The van der Waals surface area contributed by atoms with Gasteiger partial charge in [-0.2, -0.15) is 0 Å². The van der Waals surface area contributed by atoms with Crippen molar-refractivity contribution < 1.29 is 17.6 Å². The largest absolute Gasteiger partial charge is 0.341 e. The van der Waals surface area contributed by atoms with Crippen LogP contribution in [0.3, 0.4) is 0 Å². The van der Waals surface area contributed by atoms with E-state index in [2.05, 4.69) is 4.72 Å². The molecule has 1 aliphatic carbocycles. The topological polar surface area (TPSA) is 66.5 Å². The molecule has 0 radical (unpaired) electrons. The van der Waals surface area contributed by atoms with Crippen LogP contribution in [-0.2, 0) is 10.0 Å². The summed E-state index contributed by atoms with van der Waals surface area (Å²) in [5.74, 6) is -0.210. The highest BCUT2D eigenvalue weighted by atomic mass is 35.5. The van der Waals surface area contributed by atoms with E-state index in [-0.39, 0.29) is 21.5 Å². The third-order valence-corrected chi connectivity index (χ3v) is 6.65. The lowest BCUT2D eigenvalue weighted by molar-refractivity contribution is 0.0773. The first-order valence-corrected chi connectivity index (χ1v) is 11.0. The molecule has 5 nitrogen and oxygen atoms in total. The lowest BCUT2D eigenvalue weighted by atomic mass is 10.1. The minimum absolute atomic E-state index is 0.0972. The van der Waals surface area contributed by atoms with Crippen LogP contribution in [0.2, 0.25) is 5.02 Å². The summed E-state index contributed by atoms with van der Waals surface area (Å²) in [5.41, 5.74) is 0.452. The van der Waals surface area contributed by atoms with Crippen molar-refractivity contribution in [3.8, 4) is 0 Å². The van der Waals surface area contributed by atoms with Crippen LogP contribution in [0.1, 0.15) is 36.0 Å². The maximum absolute atomic E-state index is 13.1. The van der Waals surface area contributed by atoms with E-state index >= 15 is 0 Å². The summed E-state index contributed by atoms with van der Waals surface area (Å²) < 4.78 is 40.5. The number of hydrogen-bond donors (Lipinski definition) is 1. The van der Waals surface area contributed by atoms with Gasteiger partial charge in [-0.15, -0.1) is 0 Å². The van der Waals surface area contributed by atoms with E-state index in [4.69, 9.17) is 11.6 Å². The Morgan fingerprint density at radius 2 is 1.82 bits per heavy atom. The maximum atomic E-state index is 13.1. The molecule has 1 aliphatic rings. The number of hydrogen-bond acceptors (Lipinski definition) is 3. The average molecular weight is 425 g/mol. The van der Waals surface area contributed by atoms with Crippen LogP contribution in [0.5, 0.6) is 0 Å². The second-order valence-corrected chi connectivity index (χ2v) is 9.18. The van der Waals surface area contributed by atoms with Crippen LogP contribution in [0, 0.1) is 11.7 Å². The number of carbonyl (C=O) groups is 1. The van der Waals surface area contributed by atoms with Gasteiger partial charge in [-0.05, 0) is 61.2 Å². The zero-order chi connectivity index (χ0) is 20.3. The fourth-order valence-corrected chi connectivity index (χ4v) is 4.73. The quantitative estimate of drug-likeness (QED) is 0.740. The first-order valence-electron chi connectivity index (χ1n) is 9.09. The molecule has 0 spiro atoms. The fraction of sp³-hybridized carbons (Fsp3) is 0.350. The number of anilines is 1. The predicted octanol–water partition coefficient (Wildman–Crippen LogP) is 4.54. The van der Waals surface area contributed by atoms with Gasteiger partial charge in [0.25, 0.3) is 15.9 Å². The maximum Gasteiger partial charge on any atom is 0.261 e. The molecule has 1 saturated carbocycles. The van der Waals surface area contributed by atoms with Crippen LogP contribution in [-0.4, -0.2) is 32.8 Å². The van der Waals surface area contributed by atoms with E-state index < -0.39 is 15.8 Å². The molecular formula is C20H22ClFN2O3S. The van der Waals surface area contributed by atoms with Crippen molar-refractivity contribution in [2.45, 2.75) is 30.6 Å². The molecule has 1 amide bonds.